The van der Waals surface area contributed by atoms with Crippen LogP contribution >= 0.6 is 27.5 Å². The number of nitrogens with zero attached hydrogens (tertiary/aromatic N) is 4. The summed E-state index contributed by atoms with van der Waals surface area (Å²) >= 11 is 10.1. The largest absolute Gasteiger partial charge is 0.370 e. The zero-order valence-corrected chi connectivity index (χ0v) is 24.2. The van der Waals surface area contributed by atoms with Crippen molar-refractivity contribution in [1.82, 2.24) is 19.5 Å². The maximum absolute atomic E-state index is 13.8. The van der Waals surface area contributed by atoms with Gasteiger partial charge >= 0.3 is 0 Å². The molecule has 6 rings (SSSR count). The van der Waals surface area contributed by atoms with Crippen LogP contribution in [0.3, 0.4) is 0 Å². The normalized spacial score (nSPS) is 14.1. The molecule has 0 radical (unpaired) electrons. The van der Waals surface area contributed by atoms with Gasteiger partial charge in [-0.25, -0.2) is 4.98 Å². The third-order valence-electron chi connectivity index (χ3n) is 7.59. The number of hydrogen-bond donors (Lipinski definition) is 1. The van der Waals surface area contributed by atoms with E-state index in [4.69, 9.17) is 16.6 Å². The summed E-state index contributed by atoms with van der Waals surface area (Å²) in [5.41, 5.74) is 4.46. The molecule has 1 fully saturated rings. The summed E-state index contributed by atoms with van der Waals surface area (Å²) < 4.78 is 2.63. The van der Waals surface area contributed by atoms with Crippen LogP contribution in [0.2, 0.25) is 5.02 Å². The summed E-state index contributed by atoms with van der Waals surface area (Å²) in [5.74, 6) is 1.17. The fourth-order valence-corrected chi connectivity index (χ4v) is 6.01. The maximum atomic E-state index is 13.8. The Kier molecular flexibility index (Phi) is 7.84. The van der Waals surface area contributed by atoms with Crippen molar-refractivity contribution in [3.8, 4) is 11.3 Å². The molecule has 0 unspecified atom stereocenters. The number of hydrogen-bond acceptors (Lipinski definition) is 4. The first-order valence-electron chi connectivity index (χ1n) is 13.5. The van der Waals surface area contributed by atoms with Gasteiger partial charge in [0.2, 0.25) is 5.91 Å². The molecule has 1 amide bonds. The second-order valence-electron chi connectivity index (χ2n) is 10.1. The lowest BCUT2D eigenvalue weighted by atomic mass is 9.88. The Hall–Kier alpha value is -3.68. The van der Waals surface area contributed by atoms with Crippen molar-refractivity contribution >= 4 is 44.9 Å². The highest BCUT2D eigenvalue weighted by Crippen LogP contribution is 2.32. The van der Waals surface area contributed by atoms with Crippen LogP contribution in [0.15, 0.2) is 102 Å². The van der Waals surface area contributed by atoms with Crippen molar-refractivity contribution in [2.75, 3.05) is 25.0 Å². The summed E-state index contributed by atoms with van der Waals surface area (Å²) in [5, 5.41) is 8.78. The second kappa shape index (κ2) is 11.8. The number of anilines is 1. The number of aromatic nitrogens is 3. The zero-order chi connectivity index (χ0) is 27.5. The van der Waals surface area contributed by atoms with E-state index in [0.29, 0.717) is 10.9 Å². The van der Waals surface area contributed by atoms with Crippen molar-refractivity contribution in [3.05, 3.63) is 118 Å². The molecule has 0 aliphatic carbocycles. The summed E-state index contributed by atoms with van der Waals surface area (Å²) in [7, 11) is 0. The lowest BCUT2D eigenvalue weighted by Crippen LogP contribution is -2.42. The van der Waals surface area contributed by atoms with E-state index >= 15 is 0 Å². The number of benzene rings is 3. The number of carbonyl (C=O) groups is 1. The molecular weight excluding hydrogens is 586 g/mol. The molecular formula is C32H29BrClN5O. The molecule has 5 aromatic rings. The van der Waals surface area contributed by atoms with E-state index in [1.54, 1.807) is 6.20 Å². The standard InChI is InChI=1S/C32H29BrClN5O/c33-26-21-36-39-29(19-28(37-31(26)39)25-13-7-8-14-27(25)34)35-20-22-15-17-38(18-16-22)32(40)30(23-9-3-1-4-10-23)24-11-5-2-6-12-24/h1-14,19,21-22,30,35H,15-18,20H2. The van der Waals surface area contributed by atoms with Crippen LogP contribution < -0.4 is 5.32 Å². The van der Waals surface area contributed by atoms with E-state index in [2.05, 4.69) is 26.3 Å². The molecule has 1 aliphatic heterocycles. The second-order valence-corrected chi connectivity index (χ2v) is 11.4. The summed E-state index contributed by atoms with van der Waals surface area (Å²) in [4.78, 5) is 20.6. The Bertz CT molecular complexity index is 1580. The molecule has 0 atom stereocenters. The van der Waals surface area contributed by atoms with E-state index in [9.17, 15) is 4.79 Å². The van der Waals surface area contributed by atoms with Gasteiger partial charge in [-0.1, -0.05) is 90.5 Å². The van der Waals surface area contributed by atoms with Gasteiger partial charge in [0.1, 0.15) is 5.82 Å². The first-order chi connectivity index (χ1) is 19.6. The monoisotopic (exact) mass is 613 g/mol. The average Bonchev–Trinajstić information content (AvgIpc) is 3.38. The summed E-state index contributed by atoms with van der Waals surface area (Å²) in [6.45, 7) is 2.26. The Balaban J connectivity index is 1.15. The van der Waals surface area contributed by atoms with Gasteiger partial charge < -0.3 is 10.2 Å². The molecule has 0 spiro atoms. The molecule has 202 valence electrons. The molecule has 2 aromatic heterocycles. The van der Waals surface area contributed by atoms with E-state index in [0.717, 1.165) is 70.8 Å². The minimum Gasteiger partial charge on any atom is -0.370 e. The number of halogens is 2. The van der Waals surface area contributed by atoms with Crippen molar-refractivity contribution < 1.29 is 4.79 Å². The van der Waals surface area contributed by atoms with Gasteiger partial charge in [-0.15, -0.1) is 0 Å². The minimum atomic E-state index is -0.288. The Morgan fingerprint density at radius 3 is 2.23 bits per heavy atom. The zero-order valence-electron chi connectivity index (χ0n) is 21.9. The molecule has 6 nitrogen and oxygen atoms in total. The SMILES string of the molecule is O=C(C(c1ccccc1)c1ccccc1)N1CCC(CNc2cc(-c3ccccc3Cl)nc3c(Br)cnn23)CC1. The number of fused-ring (bicyclic) bond motifs is 1. The quantitative estimate of drug-likeness (QED) is 0.209. The molecule has 40 heavy (non-hydrogen) atoms. The number of amides is 1. The van der Waals surface area contributed by atoms with Gasteiger partial charge in [-0.05, 0) is 51.9 Å². The Labute approximate surface area is 247 Å². The predicted molar refractivity (Wildman–Crippen MR) is 164 cm³/mol. The molecule has 8 heteroatoms. The molecule has 0 bridgehead atoms. The van der Waals surface area contributed by atoms with Crippen LogP contribution in [0, 0.1) is 5.92 Å². The van der Waals surface area contributed by atoms with Gasteiger partial charge in [-0.3, -0.25) is 4.79 Å². The Morgan fingerprint density at radius 2 is 1.57 bits per heavy atom. The van der Waals surface area contributed by atoms with Crippen LogP contribution in [0.4, 0.5) is 5.82 Å². The van der Waals surface area contributed by atoms with Gasteiger partial charge in [0.05, 0.1) is 22.3 Å². The van der Waals surface area contributed by atoms with Crippen molar-refractivity contribution in [2.24, 2.45) is 5.92 Å². The fraction of sp³-hybridized carbons (Fsp3) is 0.219. The van der Waals surface area contributed by atoms with Crippen LogP contribution in [-0.2, 0) is 4.79 Å². The van der Waals surface area contributed by atoms with Crippen LogP contribution in [0.5, 0.6) is 0 Å². The smallest absolute Gasteiger partial charge is 0.234 e. The van der Waals surface area contributed by atoms with Gasteiger partial charge in [0, 0.05) is 36.3 Å². The number of piperidine rings is 1. The van der Waals surface area contributed by atoms with Crippen molar-refractivity contribution in [3.63, 3.8) is 0 Å². The molecule has 3 heterocycles. The summed E-state index contributed by atoms with van der Waals surface area (Å²) in [6, 6.07) is 29.9. The Morgan fingerprint density at radius 1 is 0.950 bits per heavy atom. The highest BCUT2D eigenvalue weighted by Gasteiger charge is 2.30. The van der Waals surface area contributed by atoms with Gasteiger partial charge in [-0.2, -0.15) is 9.61 Å². The molecule has 1 aliphatic rings. The van der Waals surface area contributed by atoms with Crippen LogP contribution in [0.1, 0.15) is 29.9 Å². The number of carbonyl (C=O) groups excluding carboxylic acids is 1. The fourth-order valence-electron chi connectivity index (χ4n) is 5.43. The van der Waals surface area contributed by atoms with E-state index < -0.39 is 0 Å². The molecule has 1 N–H and O–H groups in total. The van der Waals surface area contributed by atoms with Gasteiger partial charge in [0.25, 0.3) is 0 Å². The topological polar surface area (TPSA) is 62.5 Å². The van der Waals surface area contributed by atoms with Crippen molar-refractivity contribution in [1.29, 1.82) is 0 Å². The molecule has 1 saturated heterocycles. The van der Waals surface area contributed by atoms with Crippen molar-refractivity contribution in [2.45, 2.75) is 18.8 Å². The van der Waals surface area contributed by atoms with E-state index in [1.807, 2.05) is 100 Å². The van der Waals surface area contributed by atoms with E-state index in [-0.39, 0.29) is 11.8 Å². The van der Waals surface area contributed by atoms with Crippen LogP contribution in [-0.4, -0.2) is 45.0 Å². The number of nitrogens with one attached hydrogen (secondary N) is 1. The highest BCUT2D eigenvalue weighted by molar-refractivity contribution is 9.10. The first-order valence-corrected chi connectivity index (χ1v) is 14.7. The van der Waals surface area contributed by atoms with E-state index in [1.165, 1.54) is 0 Å². The highest BCUT2D eigenvalue weighted by atomic mass is 79.9. The third kappa shape index (κ3) is 5.49. The predicted octanol–water partition coefficient (Wildman–Crippen LogP) is 7.29. The average molecular weight is 615 g/mol. The molecule has 0 saturated carbocycles. The number of likely N-dealkylation sites (tertiary alicyclic amines) is 1. The lowest BCUT2D eigenvalue weighted by molar-refractivity contribution is -0.133. The molecule has 3 aromatic carbocycles. The number of rotatable bonds is 7. The first kappa shape index (κ1) is 26.5. The third-order valence-corrected chi connectivity index (χ3v) is 8.48. The van der Waals surface area contributed by atoms with Crippen LogP contribution in [0.25, 0.3) is 16.9 Å². The van der Waals surface area contributed by atoms with Gasteiger partial charge in [0.15, 0.2) is 5.65 Å². The summed E-state index contributed by atoms with van der Waals surface area (Å²) in [6.07, 6.45) is 3.62. The lowest BCUT2D eigenvalue weighted by Gasteiger charge is -2.34. The minimum absolute atomic E-state index is 0.172. The maximum Gasteiger partial charge on any atom is 0.234 e.